The number of ether oxygens (including phenoxy) is 1. The lowest BCUT2D eigenvalue weighted by molar-refractivity contribution is -0.144. The molecule has 0 radical (unpaired) electrons. The van der Waals surface area contributed by atoms with Gasteiger partial charge >= 0.3 is 5.97 Å². The molecule has 0 saturated heterocycles. The quantitative estimate of drug-likeness (QED) is 0.189. The van der Waals surface area contributed by atoms with Crippen molar-refractivity contribution in [2.75, 3.05) is 13.2 Å². The van der Waals surface area contributed by atoms with Crippen molar-refractivity contribution < 1.29 is 14.6 Å². The van der Waals surface area contributed by atoms with E-state index >= 15 is 0 Å². The van der Waals surface area contributed by atoms with Crippen molar-refractivity contribution in [2.45, 2.75) is 123 Å². The lowest BCUT2D eigenvalue weighted by atomic mass is 9.99. The van der Waals surface area contributed by atoms with Gasteiger partial charge in [0.05, 0.1) is 6.61 Å². The number of unbranched alkanes of at least 4 members (excludes halogenated alkanes) is 13. The molecule has 0 bridgehead atoms. The molecule has 0 aliphatic rings. The number of carbonyl (C=O) groups is 1. The van der Waals surface area contributed by atoms with Gasteiger partial charge in [0, 0.05) is 6.42 Å². The Morgan fingerprint density at radius 3 is 1.62 bits per heavy atom. The maximum absolute atomic E-state index is 11.2. The van der Waals surface area contributed by atoms with Crippen LogP contribution in [-0.2, 0) is 9.53 Å². The molecule has 1 atom stereocenters. The highest BCUT2D eigenvalue weighted by atomic mass is 16.5. The standard InChI is InChI=1S/C23H46O3/c1-3-22(2)18-16-14-12-10-8-6-4-5-7-9-11-13-15-17-19-23(25)26-21-20-24/h22,24H,3-21H2,1-2H3. The van der Waals surface area contributed by atoms with E-state index in [0.29, 0.717) is 6.42 Å². The van der Waals surface area contributed by atoms with Crippen molar-refractivity contribution >= 4 is 5.97 Å². The second kappa shape index (κ2) is 20.7. The van der Waals surface area contributed by atoms with Crippen LogP contribution in [0.2, 0.25) is 0 Å². The molecular weight excluding hydrogens is 324 g/mol. The summed E-state index contributed by atoms with van der Waals surface area (Å²) in [4.78, 5) is 11.2. The van der Waals surface area contributed by atoms with Crippen LogP contribution in [0, 0.1) is 5.92 Å². The summed E-state index contributed by atoms with van der Waals surface area (Å²) < 4.78 is 4.84. The van der Waals surface area contributed by atoms with Gasteiger partial charge in [-0.25, -0.2) is 0 Å². The molecule has 0 fully saturated rings. The Kier molecular flexibility index (Phi) is 20.3. The fraction of sp³-hybridized carbons (Fsp3) is 0.957. The van der Waals surface area contributed by atoms with Crippen LogP contribution in [0.3, 0.4) is 0 Å². The summed E-state index contributed by atoms with van der Waals surface area (Å²) in [5, 5.41) is 8.57. The maximum Gasteiger partial charge on any atom is 0.305 e. The lowest BCUT2D eigenvalue weighted by Gasteiger charge is -2.07. The Morgan fingerprint density at radius 2 is 1.19 bits per heavy atom. The number of aliphatic hydroxyl groups excluding tert-OH is 1. The van der Waals surface area contributed by atoms with Gasteiger partial charge < -0.3 is 9.84 Å². The van der Waals surface area contributed by atoms with E-state index in [2.05, 4.69) is 13.8 Å². The van der Waals surface area contributed by atoms with Crippen LogP contribution < -0.4 is 0 Å². The van der Waals surface area contributed by atoms with Crippen molar-refractivity contribution in [1.29, 1.82) is 0 Å². The minimum atomic E-state index is -0.172. The van der Waals surface area contributed by atoms with Crippen LogP contribution >= 0.6 is 0 Å². The Hall–Kier alpha value is -0.570. The molecule has 0 spiro atoms. The highest BCUT2D eigenvalue weighted by Crippen LogP contribution is 2.16. The first-order chi connectivity index (χ1) is 12.7. The molecular formula is C23H46O3. The van der Waals surface area contributed by atoms with Crippen LogP contribution in [0.25, 0.3) is 0 Å². The number of aliphatic hydroxyl groups is 1. The molecule has 3 nitrogen and oxygen atoms in total. The SMILES string of the molecule is CCC(C)CCCCCCCCCCCCCCCCC(=O)OCCO. The molecule has 0 heterocycles. The first-order valence-electron chi connectivity index (χ1n) is 11.5. The number of hydrogen-bond donors (Lipinski definition) is 1. The van der Waals surface area contributed by atoms with Crippen molar-refractivity contribution in [3.63, 3.8) is 0 Å². The van der Waals surface area contributed by atoms with Crippen molar-refractivity contribution in [3.8, 4) is 0 Å². The molecule has 0 rings (SSSR count). The highest BCUT2D eigenvalue weighted by Gasteiger charge is 2.01. The van der Waals surface area contributed by atoms with E-state index < -0.39 is 0 Å². The van der Waals surface area contributed by atoms with Gasteiger partial charge in [0.1, 0.15) is 6.61 Å². The monoisotopic (exact) mass is 370 g/mol. The number of rotatable bonds is 20. The van der Waals surface area contributed by atoms with E-state index in [1.54, 1.807) is 0 Å². The van der Waals surface area contributed by atoms with Crippen LogP contribution in [-0.4, -0.2) is 24.3 Å². The average molecular weight is 371 g/mol. The summed E-state index contributed by atoms with van der Waals surface area (Å²) in [5.74, 6) is 0.748. The average Bonchev–Trinajstić information content (AvgIpc) is 2.65. The van der Waals surface area contributed by atoms with Crippen molar-refractivity contribution in [3.05, 3.63) is 0 Å². The van der Waals surface area contributed by atoms with Gasteiger partial charge in [-0.1, -0.05) is 110 Å². The Morgan fingerprint density at radius 1 is 0.769 bits per heavy atom. The summed E-state index contributed by atoms with van der Waals surface area (Å²) in [5.41, 5.74) is 0. The van der Waals surface area contributed by atoms with E-state index in [1.807, 2.05) is 0 Å². The first-order valence-corrected chi connectivity index (χ1v) is 11.5. The number of esters is 1. The van der Waals surface area contributed by atoms with Crippen LogP contribution in [0.5, 0.6) is 0 Å². The van der Waals surface area contributed by atoms with Crippen LogP contribution in [0.4, 0.5) is 0 Å². The summed E-state index contributed by atoms with van der Waals surface area (Å²) in [7, 11) is 0. The van der Waals surface area contributed by atoms with Gasteiger partial charge in [-0.2, -0.15) is 0 Å². The number of hydrogen-bond acceptors (Lipinski definition) is 3. The summed E-state index contributed by atoms with van der Waals surface area (Å²) >= 11 is 0. The molecule has 1 unspecified atom stereocenters. The fourth-order valence-corrected chi connectivity index (χ4v) is 3.32. The zero-order valence-corrected chi connectivity index (χ0v) is 17.8. The van der Waals surface area contributed by atoms with Crippen LogP contribution in [0.1, 0.15) is 123 Å². The molecule has 0 aliphatic heterocycles. The predicted octanol–water partition coefficient (Wildman–Crippen LogP) is 6.81. The smallest absolute Gasteiger partial charge is 0.305 e. The van der Waals surface area contributed by atoms with Crippen LogP contribution in [0.15, 0.2) is 0 Å². The molecule has 0 aliphatic carbocycles. The van der Waals surface area contributed by atoms with E-state index in [1.165, 1.54) is 89.9 Å². The molecule has 0 aromatic rings. The number of carbonyl (C=O) groups excluding carboxylic acids is 1. The second-order valence-corrected chi connectivity index (χ2v) is 7.95. The summed E-state index contributed by atoms with van der Waals surface area (Å²) in [6.45, 7) is 4.73. The second-order valence-electron chi connectivity index (χ2n) is 7.95. The minimum Gasteiger partial charge on any atom is -0.463 e. The normalized spacial score (nSPS) is 12.3. The maximum atomic E-state index is 11.2. The third-order valence-electron chi connectivity index (χ3n) is 5.38. The Balaban J connectivity index is 3.08. The van der Waals surface area contributed by atoms with Crippen molar-refractivity contribution in [1.82, 2.24) is 0 Å². The van der Waals surface area contributed by atoms with Gasteiger partial charge in [-0.15, -0.1) is 0 Å². The zero-order valence-electron chi connectivity index (χ0n) is 17.8. The summed E-state index contributed by atoms with van der Waals surface area (Å²) in [6, 6.07) is 0. The molecule has 156 valence electrons. The van der Waals surface area contributed by atoms with Gasteiger partial charge in [-0.05, 0) is 12.3 Å². The van der Waals surface area contributed by atoms with Gasteiger partial charge in [-0.3, -0.25) is 4.79 Å². The lowest BCUT2D eigenvalue weighted by Crippen LogP contribution is -2.07. The van der Waals surface area contributed by atoms with E-state index in [-0.39, 0.29) is 19.2 Å². The highest BCUT2D eigenvalue weighted by molar-refractivity contribution is 5.69. The van der Waals surface area contributed by atoms with Gasteiger partial charge in [0.25, 0.3) is 0 Å². The van der Waals surface area contributed by atoms with E-state index in [4.69, 9.17) is 9.84 Å². The van der Waals surface area contributed by atoms with E-state index in [0.717, 1.165) is 18.8 Å². The topological polar surface area (TPSA) is 46.5 Å². The molecule has 26 heavy (non-hydrogen) atoms. The fourth-order valence-electron chi connectivity index (χ4n) is 3.32. The minimum absolute atomic E-state index is 0.0792. The summed E-state index contributed by atoms with van der Waals surface area (Å²) in [6.07, 6.45) is 21.9. The van der Waals surface area contributed by atoms with Gasteiger partial charge in [0.15, 0.2) is 0 Å². The Labute approximate surface area is 163 Å². The third kappa shape index (κ3) is 19.8. The molecule has 1 N–H and O–H groups in total. The van der Waals surface area contributed by atoms with E-state index in [9.17, 15) is 4.79 Å². The largest absolute Gasteiger partial charge is 0.463 e. The molecule has 0 aromatic heterocycles. The van der Waals surface area contributed by atoms with Crippen molar-refractivity contribution in [2.24, 2.45) is 5.92 Å². The Bertz CT molecular complexity index is 291. The molecule has 3 heteroatoms. The van der Waals surface area contributed by atoms with Gasteiger partial charge in [0.2, 0.25) is 0 Å². The predicted molar refractivity (Wildman–Crippen MR) is 111 cm³/mol. The zero-order chi connectivity index (χ0) is 19.3. The first kappa shape index (κ1) is 25.4. The molecule has 0 amide bonds. The molecule has 0 aromatic carbocycles. The third-order valence-corrected chi connectivity index (χ3v) is 5.38. The molecule has 0 saturated carbocycles.